The van der Waals surface area contributed by atoms with E-state index in [0.717, 1.165) is 42.9 Å². The van der Waals surface area contributed by atoms with Crippen LogP contribution in [-0.2, 0) is 0 Å². The van der Waals surface area contributed by atoms with Gasteiger partial charge in [0.2, 0.25) is 0 Å². The van der Waals surface area contributed by atoms with Gasteiger partial charge in [-0.1, -0.05) is 0 Å². The second-order valence-electron chi connectivity index (χ2n) is 7.03. The fourth-order valence-electron chi connectivity index (χ4n) is 3.47. The molecule has 2 aromatic rings. The van der Waals surface area contributed by atoms with E-state index in [1.165, 1.54) is 12.8 Å². The zero-order chi connectivity index (χ0) is 16.5. The second kappa shape index (κ2) is 6.34. The molecule has 0 bridgehead atoms. The monoisotopic (exact) mass is 325 g/mol. The van der Waals surface area contributed by atoms with Crippen LogP contribution >= 0.6 is 0 Å². The first-order chi connectivity index (χ1) is 11.7. The molecule has 0 aromatic carbocycles. The molecule has 2 aromatic heterocycles. The van der Waals surface area contributed by atoms with Gasteiger partial charge in [0.1, 0.15) is 5.82 Å². The molecule has 4 rings (SSSR count). The Kier molecular flexibility index (Phi) is 4.04. The van der Waals surface area contributed by atoms with Crippen molar-refractivity contribution in [2.45, 2.75) is 63.5 Å². The number of hydrogen-bond donors (Lipinski definition) is 1. The van der Waals surface area contributed by atoms with E-state index < -0.39 is 0 Å². The molecule has 24 heavy (non-hydrogen) atoms. The van der Waals surface area contributed by atoms with E-state index in [4.69, 9.17) is 0 Å². The molecule has 6 heteroatoms. The highest BCUT2D eigenvalue weighted by atomic mass is 16.1. The van der Waals surface area contributed by atoms with Gasteiger partial charge in [-0.2, -0.15) is 10.2 Å². The van der Waals surface area contributed by atoms with Gasteiger partial charge in [0.25, 0.3) is 5.56 Å². The van der Waals surface area contributed by atoms with E-state index in [-0.39, 0.29) is 11.6 Å². The van der Waals surface area contributed by atoms with Crippen molar-refractivity contribution in [3.05, 3.63) is 46.0 Å². The van der Waals surface area contributed by atoms with Gasteiger partial charge in [-0.3, -0.25) is 4.79 Å². The molecule has 0 amide bonds. The summed E-state index contributed by atoms with van der Waals surface area (Å²) in [6.07, 6.45) is 6.44. The van der Waals surface area contributed by atoms with Crippen LogP contribution < -0.4 is 10.9 Å². The predicted molar refractivity (Wildman–Crippen MR) is 92.2 cm³/mol. The predicted octanol–water partition coefficient (Wildman–Crippen LogP) is 2.81. The lowest BCUT2D eigenvalue weighted by atomic mass is 9.91. The molecule has 2 aliphatic carbocycles. The number of nitrogens with zero attached hydrogens (tertiary/aromatic N) is 4. The van der Waals surface area contributed by atoms with E-state index >= 15 is 0 Å². The molecule has 0 aliphatic heterocycles. The zero-order valence-electron chi connectivity index (χ0n) is 14.0. The number of anilines is 1. The Morgan fingerprint density at radius 1 is 1.00 bits per heavy atom. The minimum absolute atomic E-state index is 0.00135. The third-order valence-electron chi connectivity index (χ3n) is 5.03. The van der Waals surface area contributed by atoms with Crippen LogP contribution in [0.3, 0.4) is 0 Å². The minimum Gasteiger partial charge on any atom is -0.366 e. The SMILES string of the molecule is Cc1ccc(=O)n(C2CCC(Nc3ccc(C4CC4)nn3)CC2)n1. The third kappa shape index (κ3) is 3.32. The van der Waals surface area contributed by atoms with E-state index in [0.29, 0.717) is 12.0 Å². The highest BCUT2D eigenvalue weighted by molar-refractivity contribution is 5.35. The van der Waals surface area contributed by atoms with Crippen LogP contribution in [-0.4, -0.2) is 26.0 Å². The Balaban J connectivity index is 1.35. The maximum atomic E-state index is 12.0. The van der Waals surface area contributed by atoms with Crippen LogP contribution in [0.2, 0.25) is 0 Å². The average Bonchev–Trinajstić information content (AvgIpc) is 3.44. The van der Waals surface area contributed by atoms with Crippen molar-refractivity contribution in [3.63, 3.8) is 0 Å². The standard InChI is InChI=1S/C18H23N5O/c1-12-2-11-18(24)23(22-12)15-7-5-14(6-8-15)19-17-10-9-16(20-21-17)13-3-4-13/h2,9-11,13-15H,3-8H2,1H3,(H,19,21). The lowest BCUT2D eigenvalue weighted by molar-refractivity contribution is 0.302. The summed E-state index contributed by atoms with van der Waals surface area (Å²) in [4.78, 5) is 12.0. The third-order valence-corrected chi connectivity index (χ3v) is 5.03. The summed E-state index contributed by atoms with van der Waals surface area (Å²) < 4.78 is 1.66. The van der Waals surface area contributed by atoms with Crippen LogP contribution in [0.4, 0.5) is 5.82 Å². The first kappa shape index (κ1) is 15.3. The van der Waals surface area contributed by atoms with Crippen LogP contribution in [0, 0.1) is 6.92 Å². The summed E-state index contributed by atoms with van der Waals surface area (Å²) in [6.45, 7) is 1.92. The number of nitrogens with one attached hydrogen (secondary N) is 1. The van der Waals surface area contributed by atoms with Crippen molar-refractivity contribution < 1.29 is 0 Å². The maximum Gasteiger partial charge on any atom is 0.267 e. The Bertz CT molecular complexity index is 758. The van der Waals surface area contributed by atoms with E-state index in [2.05, 4.69) is 26.7 Å². The van der Waals surface area contributed by atoms with Crippen LogP contribution in [0.25, 0.3) is 0 Å². The quantitative estimate of drug-likeness (QED) is 0.936. The van der Waals surface area contributed by atoms with Crippen molar-refractivity contribution in [1.82, 2.24) is 20.0 Å². The van der Waals surface area contributed by atoms with Gasteiger partial charge in [-0.25, -0.2) is 4.68 Å². The van der Waals surface area contributed by atoms with E-state index in [1.807, 2.05) is 13.0 Å². The summed E-state index contributed by atoms with van der Waals surface area (Å²) in [5.74, 6) is 1.50. The second-order valence-corrected chi connectivity index (χ2v) is 7.03. The Morgan fingerprint density at radius 3 is 2.46 bits per heavy atom. The summed E-state index contributed by atoms with van der Waals surface area (Å²) >= 11 is 0. The van der Waals surface area contributed by atoms with Gasteiger partial charge in [0, 0.05) is 18.0 Å². The first-order valence-corrected chi connectivity index (χ1v) is 8.85. The summed E-state index contributed by atoms with van der Waals surface area (Å²) in [6, 6.07) is 8.12. The minimum atomic E-state index is -0.00135. The molecular weight excluding hydrogens is 302 g/mol. The molecule has 0 atom stereocenters. The molecule has 2 fully saturated rings. The number of aryl methyl sites for hydroxylation is 1. The fourth-order valence-corrected chi connectivity index (χ4v) is 3.47. The normalized spacial score (nSPS) is 23.9. The number of aromatic nitrogens is 4. The maximum absolute atomic E-state index is 12.0. The molecule has 1 N–H and O–H groups in total. The summed E-state index contributed by atoms with van der Waals surface area (Å²) in [5, 5.41) is 16.5. The topological polar surface area (TPSA) is 72.7 Å². The molecule has 0 radical (unpaired) electrons. The highest BCUT2D eigenvalue weighted by Gasteiger charge is 2.26. The van der Waals surface area contributed by atoms with Crippen molar-refractivity contribution in [1.29, 1.82) is 0 Å². The molecule has 0 unspecified atom stereocenters. The number of hydrogen-bond acceptors (Lipinski definition) is 5. The van der Waals surface area contributed by atoms with E-state index in [1.54, 1.807) is 16.8 Å². The zero-order valence-corrected chi connectivity index (χ0v) is 14.0. The Labute approximate surface area is 141 Å². The molecule has 0 saturated heterocycles. The van der Waals surface area contributed by atoms with Crippen LogP contribution in [0.1, 0.15) is 61.9 Å². The fraction of sp³-hybridized carbons (Fsp3) is 0.556. The van der Waals surface area contributed by atoms with Gasteiger partial charge in [-0.05, 0) is 63.6 Å². The molecule has 126 valence electrons. The van der Waals surface area contributed by atoms with Crippen molar-refractivity contribution in [2.75, 3.05) is 5.32 Å². The number of rotatable bonds is 4. The highest BCUT2D eigenvalue weighted by Crippen LogP contribution is 2.38. The molecule has 0 spiro atoms. The lowest BCUT2D eigenvalue weighted by Gasteiger charge is -2.29. The van der Waals surface area contributed by atoms with Crippen LogP contribution in [0.15, 0.2) is 29.1 Å². The van der Waals surface area contributed by atoms with Gasteiger partial charge < -0.3 is 5.32 Å². The Hall–Kier alpha value is -2.24. The molecular formula is C18H23N5O. The summed E-state index contributed by atoms with van der Waals surface area (Å²) in [7, 11) is 0. The van der Waals surface area contributed by atoms with Crippen LogP contribution in [0.5, 0.6) is 0 Å². The van der Waals surface area contributed by atoms with Gasteiger partial charge in [-0.15, -0.1) is 5.10 Å². The first-order valence-electron chi connectivity index (χ1n) is 8.85. The van der Waals surface area contributed by atoms with Crippen molar-refractivity contribution in [2.24, 2.45) is 0 Å². The van der Waals surface area contributed by atoms with Crippen molar-refractivity contribution >= 4 is 5.82 Å². The largest absolute Gasteiger partial charge is 0.366 e. The molecule has 2 heterocycles. The van der Waals surface area contributed by atoms with Crippen molar-refractivity contribution in [3.8, 4) is 0 Å². The van der Waals surface area contributed by atoms with E-state index in [9.17, 15) is 4.79 Å². The smallest absolute Gasteiger partial charge is 0.267 e. The lowest BCUT2D eigenvalue weighted by Crippen LogP contribution is -2.33. The summed E-state index contributed by atoms with van der Waals surface area (Å²) in [5.41, 5.74) is 2.01. The Morgan fingerprint density at radius 2 is 1.79 bits per heavy atom. The van der Waals surface area contributed by atoms with Gasteiger partial charge >= 0.3 is 0 Å². The molecule has 2 saturated carbocycles. The van der Waals surface area contributed by atoms with Gasteiger partial charge in [0.15, 0.2) is 0 Å². The molecule has 6 nitrogen and oxygen atoms in total. The average molecular weight is 325 g/mol. The molecule has 2 aliphatic rings. The van der Waals surface area contributed by atoms with Gasteiger partial charge in [0.05, 0.1) is 17.4 Å².